The number of rotatable bonds is 7. The first-order valence-corrected chi connectivity index (χ1v) is 4.91. The van der Waals surface area contributed by atoms with Gasteiger partial charge in [-0.2, -0.15) is 11.8 Å². The molecule has 0 aromatic heterocycles. The van der Waals surface area contributed by atoms with E-state index < -0.39 is 6.10 Å². The van der Waals surface area contributed by atoms with Gasteiger partial charge in [0.05, 0.1) is 19.3 Å². The topological polar surface area (TPSA) is 49.7 Å². The molecule has 0 saturated heterocycles. The molecule has 0 aromatic rings. The zero-order chi connectivity index (χ0) is 8.53. The average Bonchev–Trinajstić information content (AvgIpc) is 2.01. The third-order valence-corrected chi connectivity index (χ3v) is 2.15. The largest absolute Gasteiger partial charge is 0.396 e. The predicted octanol–water partition coefficient (Wildman–Crippen LogP) is 0.109. The van der Waals surface area contributed by atoms with Crippen molar-refractivity contribution in [2.75, 3.05) is 31.3 Å². The van der Waals surface area contributed by atoms with Crippen LogP contribution in [0.4, 0.5) is 0 Å². The van der Waals surface area contributed by atoms with Gasteiger partial charge in [0, 0.05) is 18.1 Å². The first-order chi connectivity index (χ1) is 5.31. The Balaban J connectivity index is 3.02. The van der Waals surface area contributed by atoms with Crippen molar-refractivity contribution in [3.63, 3.8) is 0 Å². The van der Waals surface area contributed by atoms with Crippen molar-refractivity contribution in [2.24, 2.45) is 0 Å². The summed E-state index contributed by atoms with van der Waals surface area (Å²) in [4.78, 5) is 0. The van der Waals surface area contributed by atoms with Gasteiger partial charge in [0.25, 0.3) is 0 Å². The van der Waals surface area contributed by atoms with E-state index in [4.69, 9.17) is 9.84 Å². The molecule has 0 radical (unpaired) electrons. The molecule has 0 aliphatic carbocycles. The van der Waals surface area contributed by atoms with Gasteiger partial charge in [-0.15, -0.1) is 0 Å². The zero-order valence-corrected chi connectivity index (χ0v) is 7.64. The summed E-state index contributed by atoms with van der Waals surface area (Å²) in [6.45, 7) is 3.11. The molecule has 0 aliphatic rings. The molecule has 11 heavy (non-hydrogen) atoms. The quantitative estimate of drug-likeness (QED) is 0.546. The number of thioether (sulfide) groups is 1. The predicted molar refractivity (Wildman–Crippen MR) is 46.9 cm³/mol. The van der Waals surface area contributed by atoms with E-state index in [-0.39, 0.29) is 6.61 Å². The van der Waals surface area contributed by atoms with Crippen LogP contribution in [0.2, 0.25) is 0 Å². The lowest BCUT2D eigenvalue weighted by Crippen LogP contribution is -2.18. The second-order valence-electron chi connectivity index (χ2n) is 2.11. The molecule has 4 heteroatoms. The monoisotopic (exact) mass is 180 g/mol. The third kappa shape index (κ3) is 8.13. The fourth-order valence-electron chi connectivity index (χ4n) is 0.586. The highest BCUT2D eigenvalue weighted by Gasteiger charge is 2.02. The lowest BCUT2D eigenvalue weighted by Gasteiger charge is -2.08. The van der Waals surface area contributed by atoms with Crippen molar-refractivity contribution in [1.82, 2.24) is 0 Å². The van der Waals surface area contributed by atoms with Gasteiger partial charge in [0.2, 0.25) is 0 Å². The Bertz CT molecular complexity index is 80.1. The second kappa shape index (κ2) is 8.33. The minimum absolute atomic E-state index is 0.173. The Hall–Kier alpha value is 0.230. The molecule has 2 N–H and O–H groups in total. The van der Waals surface area contributed by atoms with E-state index >= 15 is 0 Å². The van der Waals surface area contributed by atoms with Crippen LogP contribution in [-0.4, -0.2) is 47.6 Å². The molecule has 0 rings (SSSR count). The highest BCUT2D eigenvalue weighted by molar-refractivity contribution is 7.99. The summed E-state index contributed by atoms with van der Waals surface area (Å²) in [7, 11) is 0. The number of ether oxygens (including phenoxy) is 1. The lowest BCUT2D eigenvalue weighted by molar-refractivity contribution is 0.0551. The van der Waals surface area contributed by atoms with Crippen molar-refractivity contribution >= 4 is 11.8 Å². The smallest absolute Gasteiger partial charge is 0.0863 e. The summed E-state index contributed by atoms with van der Waals surface area (Å²) >= 11 is 1.53. The van der Waals surface area contributed by atoms with E-state index in [2.05, 4.69) is 0 Å². The lowest BCUT2D eigenvalue weighted by atomic mass is 10.4. The van der Waals surface area contributed by atoms with Gasteiger partial charge in [-0.25, -0.2) is 0 Å². The van der Waals surface area contributed by atoms with E-state index in [9.17, 15) is 5.11 Å². The molecule has 0 aliphatic heterocycles. The van der Waals surface area contributed by atoms with Crippen LogP contribution >= 0.6 is 11.8 Å². The minimum atomic E-state index is -0.397. The fourth-order valence-corrected chi connectivity index (χ4v) is 1.25. The SMILES string of the molecule is CCOCC(O)CSCCO. The molecule has 0 saturated carbocycles. The van der Waals surface area contributed by atoms with Crippen LogP contribution in [-0.2, 0) is 4.74 Å². The number of aliphatic hydroxyl groups is 2. The van der Waals surface area contributed by atoms with Crippen LogP contribution in [0.15, 0.2) is 0 Å². The summed E-state index contributed by atoms with van der Waals surface area (Å²) in [6, 6.07) is 0. The molecular weight excluding hydrogens is 164 g/mol. The second-order valence-corrected chi connectivity index (χ2v) is 3.26. The van der Waals surface area contributed by atoms with Crippen LogP contribution in [0.3, 0.4) is 0 Å². The maximum Gasteiger partial charge on any atom is 0.0863 e. The van der Waals surface area contributed by atoms with Crippen molar-refractivity contribution in [3.8, 4) is 0 Å². The molecule has 0 fully saturated rings. The zero-order valence-electron chi connectivity index (χ0n) is 6.82. The summed E-state index contributed by atoms with van der Waals surface area (Å²) < 4.78 is 5.00. The summed E-state index contributed by atoms with van der Waals surface area (Å²) in [5.41, 5.74) is 0. The van der Waals surface area contributed by atoms with E-state index in [1.807, 2.05) is 6.92 Å². The van der Waals surface area contributed by atoms with Crippen LogP contribution in [0.5, 0.6) is 0 Å². The van der Waals surface area contributed by atoms with Gasteiger partial charge < -0.3 is 14.9 Å². The number of hydrogen-bond acceptors (Lipinski definition) is 4. The molecule has 0 spiro atoms. The highest BCUT2D eigenvalue weighted by Crippen LogP contribution is 2.01. The molecule has 0 bridgehead atoms. The van der Waals surface area contributed by atoms with Gasteiger partial charge >= 0.3 is 0 Å². The standard InChI is InChI=1S/C7H16O3S/c1-2-10-5-7(9)6-11-4-3-8/h7-9H,2-6H2,1H3. The van der Waals surface area contributed by atoms with Crippen molar-refractivity contribution in [2.45, 2.75) is 13.0 Å². The Labute approximate surface area is 71.8 Å². The summed E-state index contributed by atoms with van der Waals surface area (Å²) in [5, 5.41) is 17.6. The Morgan fingerprint density at radius 3 is 2.82 bits per heavy atom. The maximum absolute atomic E-state index is 9.18. The molecular formula is C7H16O3S. The Morgan fingerprint density at radius 1 is 1.55 bits per heavy atom. The van der Waals surface area contributed by atoms with Crippen LogP contribution < -0.4 is 0 Å². The first kappa shape index (κ1) is 11.2. The van der Waals surface area contributed by atoms with Gasteiger partial charge in [0.1, 0.15) is 0 Å². The van der Waals surface area contributed by atoms with E-state index in [0.717, 1.165) is 0 Å². The summed E-state index contributed by atoms with van der Waals surface area (Å²) in [6.07, 6.45) is -0.397. The molecule has 1 unspecified atom stereocenters. The van der Waals surface area contributed by atoms with Crippen molar-refractivity contribution in [1.29, 1.82) is 0 Å². The summed E-state index contributed by atoms with van der Waals surface area (Å²) in [5.74, 6) is 1.32. The molecule has 1 atom stereocenters. The van der Waals surface area contributed by atoms with E-state index in [1.165, 1.54) is 11.8 Å². The average molecular weight is 180 g/mol. The normalized spacial score (nSPS) is 13.4. The van der Waals surface area contributed by atoms with Gasteiger partial charge in [-0.05, 0) is 6.92 Å². The van der Waals surface area contributed by atoms with Gasteiger partial charge in [-0.1, -0.05) is 0 Å². The number of aliphatic hydroxyl groups excluding tert-OH is 2. The van der Waals surface area contributed by atoms with E-state index in [1.54, 1.807) is 0 Å². The van der Waals surface area contributed by atoms with Crippen LogP contribution in [0.1, 0.15) is 6.92 Å². The Kier molecular flexibility index (Phi) is 8.50. The van der Waals surface area contributed by atoms with Crippen molar-refractivity contribution in [3.05, 3.63) is 0 Å². The van der Waals surface area contributed by atoms with Crippen LogP contribution in [0, 0.1) is 0 Å². The fraction of sp³-hybridized carbons (Fsp3) is 1.00. The molecule has 68 valence electrons. The minimum Gasteiger partial charge on any atom is -0.396 e. The van der Waals surface area contributed by atoms with Gasteiger partial charge in [-0.3, -0.25) is 0 Å². The highest BCUT2D eigenvalue weighted by atomic mass is 32.2. The molecule has 0 aromatic carbocycles. The number of hydrogen-bond donors (Lipinski definition) is 2. The maximum atomic E-state index is 9.18. The molecule has 0 heterocycles. The molecule has 0 amide bonds. The van der Waals surface area contributed by atoms with Crippen molar-refractivity contribution < 1.29 is 14.9 Å². The third-order valence-electron chi connectivity index (χ3n) is 1.06. The van der Waals surface area contributed by atoms with Gasteiger partial charge in [0.15, 0.2) is 0 Å². The van der Waals surface area contributed by atoms with Crippen LogP contribution in [0.25, 0.3) is 0 Å². The first-order valence-electron chi connectivity index (χ1n) is 3.75. The molecule has 3 nitrogen and oxygen atoms in total. The van der Waals surface area contributed by atoms with E-state index in [0.29, 0.717) is 24.7 Å². The Morgan fingerprint density at radius 2 is 2.27 bits per heavy atom.